The Bertz CT molecular complexity index is 1590. The molecule has 6 rings (SSSR count). The van der Waals surface area contributed by atoms with Crippen molar-refractivity contribution < 1.29 is 19.0 Å². The van der Waals surface area contributed by atoms with E-state index in [9.17, 15) is 19.1 Å². The SMILES string of the molecule is COc1c(-c2cc3c(s2)CCCC3NCc2cccc(F)c2)c(C2CC2)cc2c(=O)c(C(=O)O)c[nH]c12.Cl. The molecule has 2 aromatic heterocycles. The van der Waals surface area contributed by atoms with Crippen LogP contribution in [-0.4, -0.2) is 23.2 Å². The lowest BCUT2D eigenvalue weighted by Crippen LogP contribution is -2.23. The Hall–Kier alpha value is -3.20. The highest BCUT2D eigenvalue weighted by Gasteiger charge is 2.32. The predicted octanol–water partition coefficient (Wildman–Crippen LogP) is 6.57. The highest BCUT2D eigenvalue weighted by Crippen LogP contribution is 2.52. The fourth-order valence-electron chi connectivity index (χ4n) is 5.47. The minimum atomic E-state index is -1.25. The van der Waals surface area contributed by atoms with E-state index in [0.29, 0.717) is 29.1 Å². The number of pyridine rings is 1. The first-order valence-corrected chi connectivity index (χ1v) is 13.4. The number of aromatic amines is 1. The summed E-state index contributed by atoms with van der Waals surface area (Å²) in [5.74, 6) is -0.577. The van der Waals surface area contributed by atoms with Gasteiger partial charge in [-0.1, -0.05) is 12.1 Å². The van der Waals surface area contributed by atoms with Crippen LogP contribution in [-0.2, 0) is 13.0 Å². The van der Waals surface area contributed by atoms with E-state index >= 15 is 0 Å². The van der Waals surface area contributed by atoms with Gasteiger partial charge in [0.05, 0.1) is 18.0 Å². The zero-order chi connectivity index (χ0) is 25.7. The standard InChI is InChI=1S/C29H27FN2O4S.ClH/c1-36-28-25(18(16-8-9-16)11-20-26(28)32-14-21(27(20)33)29(34)35)24-12-19-22(6-3-7-23(19)37-24)31-13-15-4-2-5-17(30)10-15;/h2,4-5,10-12,14,16,22,31H,3,6-9,13H2,1H3,(H,32,33)(H,34,35);1H. The highest BCUT2D eigenvalue weighted by molar-refractivity contribution is 7.15. The maximum absolute atomic E-state index is 13.7. The summed E-state index contributed by atoms with van der Waals surface area (Å²) < 4.78 is 19.6. The summed E-state index contributed by atoms with van der Waals surface area (Å²) in [5.41, 5.74) is 3.95. The predicted molar refractivity (Wildman–Crippen MR) is 150 cm³/mol. The van der Waals surface area contributed by atoms with Crippen LogP contribution < -0.4 is 15.5 Å². The summed E-state index contributed by atoms with van der Waals surface area (Å²) in [7, 11) is 1.59. The van der Waals surface area contributed by atoms with Gasteiger partial charge in [-0.3, -0.25) is 4.79 Å². The first-order valence-electron chi connectivity index (χ1n) is 12.5. The van der Waals surface area contributed by atoms with Crippen molar-refractivity contribution in [1.29, 1.82) is 0 Å². The summed E-state index contributed by atoms with van der Waals surface area (Å²) in [5, 5.41) is 13.4. The minimum absolute atomic E-state index is 0. The van der Waals surface area contributed by atoms with Crippen LogP contribution in [0.25, 0.3) is 21.3 Å². The molecular formula is C29H28ClFN2O4S. The van der Waals surface area contributed by atoms with Crippen molar-refractivity contribution in [1.82, 2.24) is 10.3 Å². The third-order valence-electron chi connectivity index (χ3n) is 7.42. The zero-order valence-electron chi connectivity index (χ0n) is 20.8. The largest absolute Gasteiger partial charge is 0.494 e. The molecular weight excluding hydrogens is 527 g/mol. The van der Waals surface area contributed by atoms with Gasteiger partial charge in [0.1, 0.15) is 11.4 Å². The van der Waals surface area contributed by atoms with E-state index in [2.05, 4.69) is 16.4 Å². The molecule has 0 radical (unpaired) electrons. The Morgan fingerprint density at radius 3 is 2.74 bits per heavy atom. The van der Waals surface area contributed by atoms with Gasteiger partial charge in [0.25, 0.3) is 0 Å². The van der Waals surface area contributed by atoms with Crippen molar-refractivity contribution in [2.75, 3.05) is 7.11 Å². The molecule has 0 spiro atoms. The lowest BCUT2D eigenvalue weighted by atomic mass is 9.91. The highest BCUT2D eigenvalue weighted by atomic mass is 35.5. The molecule has 0 saturated heterocycles. The fourth-order valence-corrected chi connectivity index (χ4v) is 6.80. The summed E-state index contributed by atoms with van der Waals surface area (Å²) in [4.78, 5) is 30.0. The van der Waals surface area contributed by atoms with Gasteiger partial charge in [-0.25, -0.2) is 9.18 Å². The van der Waals surface area contributed by atoms with Crippen molar-refractivity contribution in [3.8, 4) is 16.2 Å². The Labute approximate surface area is 229 Å². The second kappa shape index (κ2) is 10.5. The molecule has 6 nitrogen and oxygen atoms in total. The number of carbonyl (C=O) groups is 1. The Balaban J connectivity index is 0.00000294. The molecule has 0 bridgehead atoms. The first-order chi connectivity index (χ1) is 17.9. The van der Waals surface area contributed by atoms with Crippen molar-refractivity contribution >= 4 is 40.6 Å². The number of aromatic carboxylic acids is 1. The molecule has 38 heavy (non-hydrogen) atoms. The van der Waals surface area contributed by atoms with E-state index in [-0.39, 0.29) is 29.8 Å². The quantitative estimate of drug-likeness (QED) is 0.240. The van der Waals surface area contributed by atoms with E-state index in [0.717, 1.165) is 53.7 Å². The van der Waals surface area contributed by atoms with Crippen molar-refractivity contribution in [3.63, 3.8) is 0 Å². The number of hydrogen-bond donors (Lipinski definition) is 3. The van der Waals surface area contributed by atoms with Crippen molar-refractivity contribution in [2.24, 2.45) is 0 Å². The number of methoxy groups -OCH3 is 1. The van der Waals surface area contributed by atoms with Gasteiger partial charge in [0.15, 0.2) is 5.75 Å². The number of halogens is 2. The summed E-state index contributed by atoms with van der Waals surface area (Å²) >= 11 is 1.76. The Morgan fingerprint density at radius 1 is 1.21 bits per heavy atom. The number of benzene rings is 2. The third kappa shape index (κ3) is 4.72. The molecule has 3 N–H and O–H groups in total. The number of H-pyrrole nitrogens is 1. The summed E-state index contributed by atoms with van der Waals surface area (Å²) in [6.45, 7) is 0.590. The molecule has 2 aliphatic carbocycles. The average molecular weight is 555 g/mol. The lowest BCUT2D eigenvalue weighted by molar-refractivity contribution is 0.0695. The normalized spacial score (nSPS) is 16.6. The number of thiophene rings is 1. The van der Waals surface area contributed by atoms with E-state index in [4.69, 9.17) is 4.74 Å². The Kier molecular flexibility index (Phi) is 7.31. The molecule has 198 valence electrons. The molecule has 2 heterocycles. The van der Waals surface area contributed by atoms with Gasteiger partial charge in [-0.05, 0) is 79.0 Å². The molecule has 1 unspecified atom stereocenters. The maximum atomic E-state index is 13.7. The smallest absolute Gasteiger partial charge is 0.341 e. The van der Waals surface area contributed by atoms with Gasteiger partial charge in [0, 0.05) is 34.1 Å². The zero-order valence-corrected chi connectivity index (χ0v) is 22.4. The van der Waals surface area contributed by atoms with Crippen molar-refractivity contribution in [2.45, 2.75) is 50.6 Å². The number of aromatic nitrogens is 1. The van der Waals surface area contributed by atoms with E-state index in [1.807, 2.05) is 12.1 Å². The van der Waals surface area contributed by atoms with Crippen LogP contribution in [0.5, 0.6) is 5.75 Å². The van der Waals surface area contributed by atoms with Crippen LogP contribution >= 0.6 is 23.7 Å². The molecule has 4 aromatic rings. The van der Waals surface area contributed by atoms with E-state index in [1.54, 1.807) is 30.6 Å². The van der Waals surface area contributed by atoms with Gasteiger partial charge < -0.3 is 20.1 Å². The second-order valence-electron chi connectivity index (χ2n) is 9.85. The first kappa shape index (κ1) is 26.4. The topological polar surface area (TPSA) is 91.4 Å². The van der Waals surface area contributed by atoms with Gasteiger partial charge in [-0.2, -0.15) is 0 Å². The number of fused-ring (bicyclic) bond motifs is 2. The molecule has 1 saturated carbocycles. The van der Waals surface area contributed by atoms with Crippen LogP contribution in [0.4, 0.5) is 4.39 Å². The van der Waals surface area contributed by atoms with E-state index < -0.39 is 11.4 Å². The van der Waals surface area contributed by atoms with Crippen LogP contribution in [0, 0.1) is 5.82 Å². The number of carboxylic acids is 1. The van der Waals surface area contributed by atoms with Gasteiger partial charge >= 0.3 is 5.97 Å². The average Bonchev–Trinajstić information content (AvgIpc) is 3.64. The van der Waals surface area contributed by atoms with E-state index in [1.165, 1.54) is 22.7 Å². The summed E-state index contributed by atoms with van der Waals surface area (Å²) in [6, 6.07) is 11.0. The molecule has 0 aliphatic heterocycles. The maximum Gasteiger partial charge on any atom is 0.341 e. The van der Waals surface area contributed by atoms with Gasteiger partial charge in [-0.15, -0.1) is 23.7 Å². The second-order valence-corrected chi connectivity index (χ2v) is 11.0. The monoisotopic (exact) mass is 554 g/mol. The Morgan fingerprint density at radius 2 is 2.03 bits per heavy atom. The third-order valence-corrected chi connectivity index (χ3v) is 8.64. The number of carboxylic acid groups (broad SMARTS) is 1. The van der Waals surface area contributed by atoms with Crippen LogP contribution in [0.1, 0.15) is 69.6 Å². The number of aryl methyl sites for hydroxylation is 1. The van der Waals surface area contributed by atoms with Crippen LogP contribution in [0.2, 0.25) is 0 Å². The fraction of sp³-hybridized carbons (Fsp3) is 0.310. The van der Waals surface area contributed by atoms with Crippen molar-refractivity contribution in [3.05, 3.63) is 85.8 Å². The summed E-state index contributed by atoms with van der Waals surface area (Å²) in [6.07, 6.45) is 6.40. The molecule has 2 aliphatic rings. The lowest BCUT2D eigenvalue weighted by Gasteiger charge is -2.23. The van der Waals surface area contributed by atoms with Gasteiger partial charge in [0.2, 0.25) is 5.43 Å². The number of ether oxygens (including phenoxy) is 1. The minimum Gasteiger partial charge on any atom is -0.494 e. The molecule has 0 amide bonds. The number of nitrogens with one attached hydrogen (secondary N) is 2. The number of hydrogen-bond acceptors (Lipinski definition) is 5. The van der Waals surface area contributed by atoms with Crippen LogP contribution in [0.15, 0.2) is 47.4 Å². The molecule has 9 heteroatoms. The molecule has 2 aromatic carbocycles. The number of rotatable bonds is 7. The molecule has 1 atom stereocenters. The van der Waals surface area contributed by atoms with Crippen LogP contribution in [0.3, 0.4) is 0 Å². The molecule has 1 fully saturated rings.